The lowest BCUT2D eigenvalue weighted by molar-refractivity contribution is -0.122. The smallest absolute Gasteiger partial charge is 0.222 e. The van der Waals surface area contributed by atoms with Crippen molar-refractivity contribution < 1.29 is 4.79 Å². The molecule has 0 bridgehead atoms. The minimum absolute atomic E-state index is 0.00172. The van der Waals surface area contributed by atoms with E-state index in [1.165, 1.54) is 6.20 Å². The molecule has 0 fully saturated rings. The second-order valence-electron chi connectivity index (χ2n) is 6.30. The molecular weight excluding hydrogens is 318 g/mol. The van der Waals surface area contributed by atoms with Gasteiger partial charge in [0.25, 0.3) is 0 Å². The molecule has 128 valence electrons. The van der Waals surface area contributed by atoms with Crippen molar-refractivity contribution in [3.05, 3.63) is 58.9 Å². The number of para-hydroxylation sites is 1. The van der Waals surface area contributed by atoms with Crippen LogP contribution in [0.2, 0.25) is 0 Å². The molecule has 4 rings (SSSR count). The Morgan fingerprint density at radius 2 is 2.20 bits per heavy atom. The summed E-state index contributed by atoms with van der Waals surface area (Å²) in [4.78, 5) is 28.4. The minimum Gasteiger partial charge on any atom is -0.352 e. The van der Waals surface area contributed by atoms with Crippen molar-refractivity contribution in [1.82, 2.24) is 24.6 Å². The number of rotatable bonds is 4. The summed E-state index contributed by atoms with van der Waals surface area (Å²) < 4.78 is 3.80. The summed E-state index contributed by atoms with van der Waals surface area (Å²) in [7, 11) is 0. The molecule has 7 heteroatoms. The summed E-state index contributed by atoms with van der Waals surface area (Å²) in [5, 5.41) is 7.87. The molecule has 3 heterocycles. The second kappa shape index (κ2) is 6.51. The zero-order valence-corrected chi connectivity index (χ0v) is 13.8. The van der Waals surface area contributed by atoms with Gasteiger partial charge >= 0.3 is 0 Å². The normalized spacial score (nSPS) is 16.6. The molecule has 7 nitrogen and oxygen atoms in total. The Labute approximate surface area is 144 Å². The van der Waals surface area contributed by atoms with Crippen LogP contribution in [-0.4, -0.2) is 31.3 Å². The van der Waals surface area contributed by atoms with Crippen LogP contribution in [0.5, 0.6) is 0 Å². The van der Waals surface area contributed by atoms with Crippen LogP contribution < -0.4 is 10.7 Å². The van der Waals surface area contributed by atoms with Crippen LogP contribution in [0.25, 0.3) is 10.9 Å². The van der Waals surface area contributed by atoms with Gasteiger partial charge in [0.15, 0.2) is 0 Å². The predicted molar refractivity (Wildman–Crippen MR) is 93.1 cm³/mol. The van der Waals surface area contributed by atoms with Crippen LogP contribution in [-0.2, 0) is 24.3 Å². The highest BCUT2D eigenvalue weighted by molar-refractivity contribution is 5.79. The molecule has 3 aromatic rings. The predicted octanol–water partition coefficient (Wildman–Crippen LogP) is 1.11. The summed E-state index contributed by atoms with van der Waals surface area (Å²) in [5.41, 5.74) is 0.651. The standard InChI is InChI=1S/C18H19N5O2/c24-16-11-20-23(15-4-2-1-3-14(15)16)9-7-18(25)21-13-5-6-17-19-8-10-22(17)12-13/h1-4,8,10-11,13H,5-7,9,12H2,(H,21,25). The molecule has 1 aliphatic heterocycles. The molecule has 1 aromatic carbocycles. The van der Waals surface area contributed by atoms with Crippen molar-refractivity contribution >= 4 is 16.8 Å². The molecule has 1 N–H and O–H groups in total. The van der Waals surface area contributed by atoms with Gasteiger partial charge < -0.3 is 9.88 Å². The molecule has 1 atom stereocenters. The SMILES string of the molecule is O=C(CCn1ncc(=O)c2ccccc21)NC1CCc2nccn2C1. The largest absolute Gasteiger partial charge is 0.352 e. The Hall–Kier alpha value is -2.96. The Morgan fingerprint density at radius 1 is 1.32 bits per heavy atom. The molecule has 0 radical (unpaired) electrons. The highest BCUT2D eigenvalue weighted by Crippen LogP contribution is 2.13. The number of imidazole rings is 1. The molecule has 1 unspecified atom stereocenters. The van der Waals surface area contributed by atoms with E-state index >= 15 is 0 Å². The van der Waals surface area contributed by atoms with Gasteiger partial charge in [0.2, 0.25) is 11.3 Å². The molecule has 25 heavy (non-hydrogen) atoms. The van der Waals surface area contributed by atoms with Crippen molar-refractivity contribution in [2.75, 3.05) is 0 Å². The monoisotopic (exact) mass is 337 g/mol. The lowest BCUT2D eigenvalue weighted by Gasteiger charge is -2.24. The van der Waals surface area contributed by atoms with Crippen LogP contribution >= 0.6 is 0 Å². The van der Waals surface area contributed by atoms with Gasteiger partial charge in [-0.05, 0) is 18.6 Å². The van der Waals surface area contributed by atoms with Gasteiger partial charge in [-0.3, -0.25) is 14.3 Å². The maximum Gasteiger partial charge on any atom is 0.222 e. The number of hydrogen-bond acceptors (Lipinski definition) is 4. The van der Waals surface area contributed by atoms with Gasteiger partial charge in [-0.2, -0.15) is 5.10 Å². The zero-order valence-electron chi connectivity index (χ0n) is 13.8. The van der Waals surface area contributed by atoms with Gasteiger partial charge in [0, 0.05) is 43.2 Å². The summed E-state index contributed by atoms with van der Waals surface area (Å²) in [6.07, 6.45) is 7.16. The maximum atomic E-state index is 12.3. The van der Waals surface area contributed by atoms with E-state index in [0.29, 0.717) is 18.4 Å². The van der Waals surface area contributed by atoms with Gasteiger partial charge in [-0.25, -0.2) is 4.98 Å². The van der Waals surface area contributed by atoms with Crippen molar-refractivity contribution in [2.24, 2.45) is 0 Å². The van der Waals surface area contributed by atoms with E-state index in [1.807, 2.05) is 24.4 Å². The van der Waals surface area contributed by atoms with E-state index in [-0.39, 0.29) is 17.4 Å². The van der Waals surface area contributed by atoms with E-state index in [9.17, 15) is 9.59 Å². The highest BCUT2D eigenvalue weighted by Gasteiger charge is 2.20. The van der Waals surface area contributed by atoms with Gasteiger partial charge in [-0.15, -0.1) is 0 Å². The number of carbonyl (C=O) groups excluding carboxylic acids is 1. The van der Waals surface area contributed by atoms with Crippen LogP contribution in [0.1, 0.15) is 18.7 Å². The zero-order chi connectivity index (χ0) is 17.2. The average molecular weight is 337 g/mol. The van der Waals surface area contributed by atoms with E-state index < -0.39 is 0 Å². The summed E-state index contributed by atoms with van der Waals surface area (Å²) in [5.74, 6) is 1.08. The molecule has 1 amide bonds. The van der Waals surface area contributed by atoms with Crippen molar-refractivity contribution in [1.29, 1.82) is 0 Å². The Bertz CT molecular complexity index is 975. The van der Waals surface area contributed by atoms with E-state index in [4.69, 9.17) is 0 Å². The molecule has 0 aliphatic carbocycles. The number of hydrogen-bond donors (Lipinski definition) is 1. The van der Waals surface area contributed by atoms with Gasteiger partial charge in [0.1, 0.15) is 5.82 Å². The third-order valence-corrected chi connectivity index (χ3v) is 4.61. The fourth-order valence-corrected chi connectivity index (χ4v) is 3.33. The van der Waals surface area contributed by atoms with Gasteiger partial charge in [0.05, 0.1) is 18.3 Å². The topological polar surface area (TPSA) is 81.8 Å². The Kier molecular flexibility index (Phi) is 4.05. The first-order chi connectivity index (χ1) is 12.2. The van der Waals surface area contributed by atoms with E-state index in [2.05, 4.69) is 20.0 Å². The summed E-state index contributed by atoms with van der Waals surface area (Å²) in [6.45, 7) is 1.20. The second-order valence-corrected chi connectivity index (χ2v) is 6.30. The first kappa shape index (κ1) is 15.6. The van der Waals surface area contributed by atoms with E-state index in [1.54, 1.807) is 16.9 Å². The molecule has 0 saturated heterocycles. The van der Waals surface area contributed by atoms with Crippen molar-refractivity contribution in [2.45, 2.75) is 38.4 Å². The number of benzene rings is 1. The minimum atomic E-state index is -0.102. The third-order valence-electron chi connectivity index (χ3n) is 4.61. The lowest BCUT2D eigenvalue weighted by Crippen LogP contribution is -2.41. The number of aromatic nitrogens is 4. The Morgan fingerprint density at radius 3 is 3.12 bits per heavy atom. The number of carbonyl (C=O) groups is 1. The molecular formula is C18H19N5O2. The fourth-order valence-electron chi connectivity index (χ4n) is 3.33. The number of nitrogens with one attached hydrogen (secondary N) is 1. The van der Waals surface area contributed by atoms with E-state index in [0.717, 1.165) is 30.7 Å². The number of aryl methyl sites for hydroxylation is 2. The van der Waals surface area contributed by atoms with Crippen LogP contribution in [0.15, 0.2) is 47.7 Å². The van der Waals surface area contributed by atoms with Gasteiger partial charge in [-0.1, -0.05) is 12.1 Å². The maximum absolute atomic E-state index is 12.3. The molecule has 1 aliphatic rings. The summed E-state index contributed by atoms with van der Waals surface area (Å²) >= 11 is 0. The van der Waals surface area contributed by atoms with Crippen LogP contribution in [0.4, 0.5) is 0 Å². The van der Waals surface area contributed by atoms with Crippen molar-refractivity contribution in [3.63, 3.8) is 0 Å². The fraction of sp³-hybridized carbons (Fsp3) is 0.333. The molecule has 2 aromatic heterocycles. The lowest BCUT2D eigenvalue weighted by atomic mass is 10.1. The van der Waals surface area contributed by atoms with Crippen LogP contribution in [0, 0.1) is 0 Å². The first-order valence-corrected chi connectivity index (χ1v) is 8.45. The van der Waals surface area contributed by atoms with Crippen LogP contribution in [0.3, 0.4) is 0 Å². The van der Waals surface area contributed by atoms with Crippen molar-refractivity contribution in [3.8, 4) is 0 Å². The molecule has 0 spiro atoms. The number of nitrogens with zero attached hydrogens (tertiary/aromatic N) is 4. The highest BCUT2D eigenvalue weighted by atomic mass is 16.1. The molecule has 0 saturated carbocycles. The number of amides is 1. The first-order valence-electron chi connectivity index (χ1n) is 8.45. The number of fused-ring (bicyclic) bond motifs is 2. The quantitative estimate of drug-likeness (QED) is 0.773. The Balaban J connectivity index is 1.40. The average Bonchev–Trinajstić information content (AvgIpc) is 3.09. The third kappa shape index (κ3) is 3.17. The summed E-state index contributed by atoms with van der Waals surface area (Å²) in [6, 6.07) is 7.45.